The summed E-state index contributed by atoms with van der Waals surface area (Å²) in [6.07, 6.45) is 0.654. The molecule has 1 aliphatic heterocycles. The van der Waals surface area contributed by atoms with E-state index in [0.29, 0.717) is 26.1 Å². The number of rotatable bonds is 3. The normalized spacial score (nSPS) is 17.7. The molecule has 0 radical (unpaired) electrons. The minimum absolute atomic E-state index is 0.0153. The monoisotopic (exact) mass is 256 g/mol. The van der Waals surface area contributed by atoms with Crippen LogP contribution in [-0.4, -0.2) is 24.3 Å². The molecule has 0 amide bonds. The van der Waals surface area contributed by atoms with E-state index >= 15 is 0 Å². The highest BCUT2D eigenvalue weighted by atomic mass is 19.3. The number of hydrogen-bond acceptors (Lipinski definition) is 2. The van der Waals surface area contributed by atoms with Crippen LogP contribution >= 0.6 is 0 Å². The summed E-state index contributed by atoms with van der Waals surface area (Å²) >= 11 is 0. The zero-order valence-corrected chi connectivity index (χ0v) is 9.73. The van der Waals surface area contributed by atoms with Gasteiger partial charge in [0.25, 0.3) is 5.92 Å². The van der Waals surface area contributed by atoms with Crippen LogP contribution < -0.4 is 0 Å². The van der Waals surface area contributed by atoms with Crippen LogP contribution in [-0.2, 0) is 10.7 Å². The molecule has 1 aromatic rings. The van der Waals surface area contributed by atoms with Crippen LogP contribution in [0.3, 0.4) is 0 Å². The van der Waals surface area contributed by atoms with Crippen molar-refractivity contribution in [2.45, 2.75) is 18.8 Å². The van der Waals surface area contributed by atoms with Crippen molar-refractivity contribution in [2.24, 2.45) is 5.92 Å². The predicted octanol–water partition coefficient (Wildman–Crippen LogP) is 2.90. The second kappa shape index (κ2) is 5.02. The summed E-state index contributed by atoms with van der Waals surface area (Å²) in [7, 11) is 0. The Labute approximate surface area is 103 Å². The van der Waals surface area contributed by atoms with E-state index in [0.717, 1.165) is 0 Å². The number of alkyl halides is 2. The molecule has 1 aromatic carbocycles. The molecule has 5 heteroatoms. The van der Waals surface area contributed by atoms with E-state index in [1.54, 1.807) is 0 Å². The molecule has 0 aliphatic carbocycles. The van der Waals surface area contributed by atoms with Crippen molar-refractivity contribution in [3.05, 3.63) is 35.4 Å². The minimum Gasteiger partial charge on any atom is -0.478 e. The minimum atomic E-state index is -2.93. The van der Waals surface area contributed by atoms with E-state index < -0.39 is 17.8 Å². The van der Waals surface area contributed by atoms with Crippen LogP contribution in [0.4, 0.5) is 8.78 Å². The summed E-state index contributed by atoms with van der Waals surface area (Å²) in [5.41, 5.74) is -0.110. The first-order valence-corrected chi connectivity index (χ1v) is 5.81. The lowest BCUT2D eigenvalue weighted by molar-refractivity contribution is -0.102. The van der Waals surface area contributed by atoms with Gasteiger partial charge < -0.3 is 9.84 Å². The van der Waals surface area contributed by atoms with E-state index in [1.807, 2.05) is 0 Å². The van der Waals surface area contributed by atoms with Gasteiger partial charge in [0.05, 0.1) is 5.56 Å². The van der Waals surface area contributed by atoms with Crippen LogP contribution in [0.2, 0.25) is 0 Å². The van der Waals surface area contributed by atoms with Crippen molar-refractivity contribution in [3.8, 4) is 0 Å². The van der Waals surface area contributed by atoms with Crippen molar-refractivity contribution >= 4 is 5.97 Å². The van der Waals surface area contributed by atoms with Crippen LogP contribution in [0.1, 0.15) is 28.8 Å². The number of hydrogen-bond donors (Lipinski definition) is 1. The zero-order chi connectivity index (χ0) is 13.2. The fourth-order valence-corrected chi connectivity index (χ4v) is 2.13. The van der Waals surface area contributed by atoms with Crippen molar-refractivity contribution < 1.29 is 23.4 Å². The molecule has 0 aromatic heterocycles. The SMILES string of the molecule is O=C(O)c1ccc(C(F)(F)C2CCOCC2)cc1. The lowest BCUT2D eigenvalue weighted by Crippen LogP contribution is -2.31. The lowest BCUT2D eigenvalue weighted by Gasteiger charge is -2.30. The summed E-state index contributed by atoms with van der Waals surface area (Å²) < 4.78 is 33.4. The number of aromatic carboxylic acids is 1. The smallest absolute Gasteiger partial charge is 0.335 e. The van der Waals surface area contributed by atoms with Gasteiger partial charge in [-0.15, -0.1) is 0 Å². The second-order valence-electron chi connectivity index (χ2n) is 4.39. The maximum Gasteiger partial charge on any atom is 0.335 e. The molecule has 0 unspecified atom stereocenters. The fourth-order valence-electron chi connectivity index (χ4n) is 2.13. The first kappa shape index (κ1) is 13.0. The highest BCUT2D eigenvalue weighted by Gasteiger charge is 2.41. The van der Waals surface area contributed by atoms with Gasteiger partial charge in [0.2, 0.25) is 0 Å². The maximum atomic E-state index is 14.2. The van der Waals surface area contributed by atoms with Crippen molar-refractivity contribution in [2.75, 3.05) is 13.2 Å². The molecule has 1 N–H and O–H groups in total. The molecule has 0 spiro atoms. The predicted molar refractivity (Wildman–Crippen MR) is 60.8 cm³/mol. The maximum absolute atomic E-state index is 14.2. The number of benzene rings is 1. The third-order valence-corrected chi connectivity index (χ3v) is 3.25. The summed E-state index contributed by atoms with van der Waals surface area (Å²) in [4.78, 5) is 10.7. The first-order chi connectivity index (χ1) is 8.51. The summed E-state index contributed by atoms with van der Waals surface area (Å²) in [6.45, 7) is 0.709. The number of halogens is 2. The van der Waals surface area contributed by atoms with Gasteiger partial charge >= 0.3 is 5.97 Å². The molecule has 0 saturated carbocycles. The Hall–Kier alpha value is -1.49. The summed E-state index contributed by atoms with van der Waals surface area (Å²) in [5.74, 6) is -4.78. The molecule has 0 bridgehead atoms. The lowest BCUT2D eigenvalue weighted by atomic mass is 9.88. The van der Waals surface area contributed by atoms with Gasteiger partial charge in [-0.25, -0.2) is 13.6 Å². The zero-order valence-electron chi connectivity index (χ0n) is 9.73. The van der Waals surface area contributed by atoms with Gasteiger partial charge in [-0.1, -0.05) is 12.1 Å². The third kappa shape index (κ3) is 2.51. The van der Waals surface area contributed by atoms with Gasteiger partial charge in [-0.3, -0.25) is 0 Å². The second-order valence-corrected chi connectivity index (χ2v) is 4.39. The molecule has 3 nitrogen and oxygen atoms in total. The van der Waals surface area contributed by atoms with Crippen LogP contribution in [0.15, 0.2) is 24.3 Å². The molecule has 2 rings (SSSR count). The summed E-state index contributed by atoms with van der Waals surface area (Å²) in [5, 5.41) is 8.72. The number of carbonyl (C=O) groups is 1. The van der Waals surface area contributed by atoms with Crippen LogP contribution in [0.25, 0.3) is 0 Å². The Balaban J connectivity index is 2.20. The Kier molecular flexibility index (Phi) is 3.61. The highest BCUT2D eigenvalue weighted by molar-refractivity contribution is 5.87. The van der Waals surface area contributed by atoms with Crippen molar-refractivity contribution in [1.82, 2.24) is 0 Å². The molecule has 0 atom stereocenters. The van der Waals surface area contributed by atoms with Gasteiger partial charge in [0.15, 0.2) is 0 Å². The van der Waals surface area contributed by atoms with Gasteiger partial charge in [-0.2, -0.15) is 0 Å². The molecule has 98 valence electrons. The average Bonchev–Trinajstić information content (AvgIpc) is 2.40. The summed E-state index contributed by atoms with van der Waals surface area (Å²) in [6, 6.07) is 4.81. The number of carboxylic acid groups (broad SMARTS) is 1. The molecule has 18 heavy (non-hydrogen) atoms. The fraction of sp³-hybridized carbons (Fsp3) is 0.462. The molecular formula is C13H14F2O3. The quantitative estimate of drug-likeness (QED) is 0.904. The Bertz CT molecular complexity index is 422. The first-order valence-electron chi connectivity index (χ1n) is 5.81. The average molecular weight is 256 g/mol. The highest BCUT2D eigenvalue weighted by Crippen LogP contribution is 2.41. The number of ether oxygens (including phenoxy) is 1. The Morgan fingerprint density at radius 1 is 1.22 bits per heavy atom. The largest absolute Gasteiger partial charge is 0.478 e. The van der Waals surface area contributed by atoms with Gasteiger partial charge in [0, 0.05) is 24.7 Å². The molecule has 1 fully saturated rings. The molecule has 1 heterocycles. The van der Waals surface area contributed by atoms with Crippen molar-refractivity contribution in [1.29, 1.82) is 0 Å². The van der Waals surface area contributed by atoms with Gasteiger partial charge in [-0.05, 0) is 25.0 Å². The van der Waals surface area contributed by atoms with Crippen LogP contribution in [0, 0.1) is 5.92 Å². The van der Waals surface area contributed by atoms with E-state index in [9.17, 15) is 13.6 Å². The van der Waals surface area contributed by atoms with E-state index in [4.69, 9.17) is 9.84 Å². The Morgan fingerprint density at radius 3 is 2.28 bits per heavy atom. The molecule has 1 aliphatic rings. The topological polar surface area (TPSA) is 46.5 Å². The molecular weight excluding hydrogens is 242 g/mol. The Morgan fingerprint density at radius 2 is 1.78 bits per heavy atom. The third-order valence-electron chi connectivity index (χ3n) is 3.25. The van der Waals surface area contributed by atoms with Crippen LogP contribution in [0.5, 0.6) is 0 Å². The van der Waals surface area contributed by atoms with Gasteiger partial charge in [0.1, 0.15) is 0 Å². The molecule has 1 saturated heterocycles. The van der Waals surface area contributed by atoms with E-state index in [-0.39, 0.29) is 11.1 Å². The van der Waals surface area contributed by atoms with Crippen molar-refractivity contribution in [3.63, 3.8) is 0 Å². The van der Waals surface area contributed by atoms with E-state index in [1.165, 1.54) is 24.3 Å². The van der Waals surface area contributed by atoms with E-state index in [2.05, 4.69) is 0 Å². The standard InChI is InChI=1S/C13H14F2O3/c14-13(15,11-5-7-18-8-6-11)10-3-1-9(2-4-10)12(16)17/h1-4,11H,5-8H2,(H,16,17). The number of carboxylic acids is 1.